The second-order valence-electron chi connectivity index (χ2n) is 9.44. The monoisotopic (exact) mass is 534 g/mol. The van der Waals surface area contributed by atoms with Gasteiger partial charge in [-0.15, -0.1) is 0 Å². The Balaban J connectivity index is 1.56. The molecule has 0 aromatic heterocycles. The third-order valence-corrected chi connectivity index (χ3v) is 6.72. The van der Waals surface area contributed by atoms with Crippen LogP contribution in [0, 0.1) is 11.7 Å². The predicted molar refractivity (Wildman–Crippen MR) is 123 cm³/mol. The van der Waals surface area contributed by atoms with Crippen molar-refractivity contribution in [1.82, 2.24) is 10.2 Å². The fourth-order valence-electron chi connectivity index (χ4n) is 4.58. The highest BCUT2D eigenvalue weighted by Crippen LogP contribution is 2.36. The molecule has 0 bridgehead atoms. The highest BCUT2D eigenvalue weighted by molar-refractivity contribution is 5.79. The molecule has 37 heavy (non-hydrogen) atoms. The third kappa shape index (κ3) is 8.16. The van der Waals surface area contributed by atoms with Gasteiger partial charge < -0.3 is 15.3 Å². The van der Waals surface area contributed by atoms with Crippen molar-refractivity contribution < 1.29 is 40.6 Å². The number of aliphatic hydroxyl groups excluding tert-OH is 1. The predicted octanol–water partition coefficient (Wildman–Crippen LogP) is 5.75. The van der Waals surface area contributed by atoms with E-state index in [1.54, 1.807) is 12.1 Å². The number of aliphatic hydroxyl groups is 1. The van der Waals surface area contributed by atoms with Gasteiger partial charge in [0.25, 0.3) is 0 Å². The Morgan fingerprint density at radius 3 is 2.03 bits per heavy atom. The van der Waals surface area contributed by atoms with Gasteiger partial charge in [0.15, 0.2) is 0 Å². The quantitative estimate of drug-likeness (QED) is 0.425. The summed E-state index contributed by atoms with van der Waals surface area (Å²) in [5.74, 6) is -1.54. The number of likely N-dealkylation sites (tertiary alicyclic amines) is 1. The molecule has 0 aliphatic carbocycles. The average molecular weight is 535 g/mol. The van der Waals surface area contributed by atoms with Gasteiger partial charge >= 0.3 is 12.4 Å². The van der Waals surface area contributed by atoms with E-state index in [0.717, 1.165) is 31.5 Å². The molecule has 1 saturated heterocycles. The number of benzene rings is 2. The third-order valence-electron chi connectivity index (χ3n) is 6.72. The Hall–Kier alpha value is -2.66. The number of alkyl halides is 6. The first kappa shape index (κ1) is 28.9. The summed E-state index contributed by atoms with van der Waals surface area (Å²) >= 11 is 0. The normalized spacial score (nSPS) is 17.4. The number of hydrogen-bond donors (Lipinski definition) is 2. The van der Waals surface area contributed by atoms with Gasteiger partial charge in [-0.25, -0.2) is 4.39 Å². The van der Waals surface area contributed by atoms with E-state index >= 15 is 0 Å². The number of nitrogens with zero attached hydrogens (tertiary/aromatic N) is 1. The van der Waals surface area contributed by atoms with Crippen molar-refractivity contribution >= 4 is 5.91 Å². The molecule has 11 heteroatoms. The Bertz CT molecular complexity index is 1010. The van der Waals surface area contributed by atoms with Crippen molar-refractivity contribution in [2.24, 2.45) is 5.92 Å². The van der Waals surface area contributed by atoms with E-state index in [9.17, 15) is 40.6 Å². The summed E-state index contributed by atoms with van der Waals surface area (Å²) in [5, 5.41) is 12.5. The molecule has 1 aliphatic rings. The number of amides is 1. The van der Waals surface area contributed by atoms with E-state index in [-0.39, 0.29) is 23.9 Å². The number of rotatable bonds is 8. The molecule has 2 atom stereocenters. The number of hydrogen-bond acceptors (Lipinski definition) is 3. The van der Waals surface area contributed by atoms with E-state index in [2.05, 4.69) is 10.2 Å². The standard InChI is InChI=1S/C26H29F7N2O2/c1-16(36)23(8-11-35-9-6-19(7-10-35)18-2-4-22(27)5-3-18)24(37)34-15-17-12-20(25(28,29)30)14-21(13-17)26(31,32)33/h2-5,12-14,16,19,23,36H,6-11,15H2,1H3,(H,34,37). The zero-order valence-electron chi connectivity index (χ0n) is 20.2. The molecule has 0 saturated carbocycles. The molecule has 1 fully saturated rings. The van der Waals surface area contributed by atoms with Crippen LogP contribution in [0.25, 0.3) is 0 Å². The molecule has 3 rings (SSSR count). The minimum Gasteiger partial charge on any atom is -0.393 e. The number of nitrogens with one attached hydrogen (secondary N) is 1. The van der Waals surface area contributed by atoms with Gasteiger partial charge in [-0.2, -0.15) is 26.3 Å². The van der Waals surface area contributed by atoms with Crippen LogP contribution in [0.2, 0.25) is 0 Å². The average Bonchev–Trinajstić information content (AvgIpc) is 2.82. The van der Waals surface area contributed by atoms with Crippen molar-refractivity contribution in [3.8, 4) is 0 Å². The lowest BCUT2D eigenvalue weighted by Crippen LogP contribution is -2.40. The molecular weight excluding hydrogens is 505 g/mol. The first-order chi connectivity index (χ1) is 17.2. The summed E-state index contributed by atoms with van der Waals surface area (Å²) in [7, 11) is 0. The van der Waals surface area contributed by atoms with Crippen LogP contribution in [0.4, 0.5) is 30.7 Å². The van der Waals surface area contributed by atoms with Crippen LogP contribution in [0.1, 0.15) is 54.4 Å². The number of carbonyl (C=O) groups is 1. The largest absolute Gasteiger partial charge is 0.416 e. The molecule has 4 nitrogen and oxygen atoms in total. The summed E-state index contributed by atoms with van der Waals surface area (Å²) in [4.78, 5) is 14.8. The lowest BCUT2D eigenvalue weighted by Gasteiger charge is -2.33. The molecule has 204 valence electrons. The molecule has 2 N–H and O–H groups in total. The van der Waals surface area contributed by atoms with Gasteiger partial charge in [-0.05, 0) is 93.2 Å². The SMILES string of the molecule is CC(O)C(CCN1CCC(c2ccc(F)cc2)CC1)C(=O)NCc1cc(C(F)(F)F)cc(C(F)(F)F)c1. The summed E-state index contributed by atoms with van der Waals surface area (Å²) in [6.07, 6.45) is -9.08. The summed E-state index contributed by atoms with van der Waals surface area (Å²) in [5.41, 5.74) is -2.20. The van der Waals surface area contributed by atoms with Gasteiger partial charge in [0.2, 0.25) is 5.91 Å². The van der Waals surface area contributed by atoms with Crippen LogP contribution in [-0.2, 0) is 23.7 Å². The van der Waals surface area contributed by atoms with Crippen LogP contribution in [-0.4, -0.2) is 41.7 Å². The van der Waals surface area contributed by atoms with E-state index < -0.39 is 48.0 Å². The molecule has 2 unspecified atom stereocenters. The fraction of sp³-hybridized carbons (Fsp3) is 0.500. The van der Waals surface area contributed by atoms with Gasteiger partial charge in [0.05, 0.1) is 23.1 Å². The van der Waals surface area contributed by atoms with Gasteiger partial charge in [0, 0.05) is 6.54 Å². The lowest BCUT2D eigenvalue weighted by atomic mass is 9.89. The van der Waals surface area contributed by atoms with Crippen molar-refractivity contribution in [2.75, 3.05) is 19.6 Å². The van der Waals surface area contributed by atoms with E-state index in [1.165, 1.54) is 19.1 Å². The minimum absolute atomic E-state index is 0.0309. The van der Waals surface area contributed by atoms with Gasteiger partial charge in [0.1, 0.15) is 5.82 Å². The molecule has 2 aromatic rings. The fourth-order valence-corrected chi connectivity index (χ4v) is 4.58. The van der Waals surface area contributed by atoms with Gasteiger partial charge in [-0.1, -0.05) is 12.1 Å². The van der Waals surface area contributed by atoms with Crippen molar-refractivity contribution in [2.45, 2.75) is 57.1 Å². The first-order valence-corrected chi connectivity index (χ1v) is 12.0. The maximum atomic E-state index is 13.2. The zero-order chi connectivity index (χ0) is 27.4. The Kier molecular flexibility index (Phi) is 9.22. The molecule has 2 aromatic carbocycles. The summed E-state index contributed by atoms with van der Waals surface area (Å²) in [6, 6.07) is 7.56. The van der Waals surface area contributed by atoms with Crippen LogP contribution in [0.15, 0.2) is 42.5 Å². The first-order valence-electron chi connectivity index (χ1n) is 12.0. The highest BCUT2D eigenvalue weighted by atomic mass is 19.4. The van der Waals surface area contributed by atoms with Crippen LogP contribution >= 0.6 is 0 Å². The molecule has 1 aliphatic heterocycles. The molecular formula is C26H29F7N2O2. The Morgan fingerprint density at radius 2 is 1.54 bits per heavy atom. The molecule has 0 radical (unpaired) electrons. The molecule has 1 amide bonds. The highest BCUT2D eigenvalue weighted by Gasteiger charge is 2.37. The van der Waals surface area contributed by atoms with E-state index in [0.29, 0.717) is 24.6 Å². The molecule has 0 spiro atoms. The number of halogens is 7. The Morgan fingerprint density at radius 1 is 1.00 bits per heavy atom. The Labute approximate surface area is 210 Å². The van der Waals surface area contributed by atoms with Crippen LogP contribution in [0.3, 0.4) is 0 Å². The second-order valence-corrected chi connectivity index (χ2v) is 9.44. The van der Waals surface area contributed by atoms with Gasteiger partial charge in [-0.3, -0.25) is 4.79 Å². The maximum absolute atomic E-state index is 13.2. The van der Waals surface area contributed by atoms with Crippen LogP contribution in [0.5, 0.6) is 0 Å². The van der Waals surface area contributed by atoms with E-state index in [1.807, 2.05) is 0 Å². The summed E-state index contributed by atoms with van der Waals surface area (Å²) < 4.78 is 91.6. The minimum atomic E-state index is -4.98. The second kappa shape index (κ2) is 11.8. The van der Waals surface area contributed by atoms with Crippen LogP contribution < -0.4 is 5.32 Å². The maximum Gasteiger partial charge on any atom is 0.416 e. The van der Waals surface area contributed by atoms with Crippen molar-refractivity contribution in [1.29, 1.82) is 0 Å². The smallest absolute Gasteiger partial charge is 0.393 e. The number of piperidine rings is 1. The van der Waals surface area contributed by atoms with Crippen molar-refractivity contribution in [3.63, 3.8) is 0 Å². The summed E-state index contributed by atoms with van der Waals surface area (Å²) in [6.45, 7) is 2.83. The number of carbonyl (C=O) groups excluding carboxylic acids is 1. The molecule has 1 heterocycles. The zero-order valence-corrected chi connectivity index (χ0v) is 20.2. The topological polar surface area (TPSA) is 52.6 Å². The van der Waals surface area contributed by atoms with Crippen molar-refractivity contribution in [3.05, 3.63) is 70.5 Å². The van der Waals surface area contributed by atoms with E-state index in [4.69, 9.17) is 0 Å². The lowest BCUT2D eigenvalue weighted by molar-refractivity contribution is -0.143.